The van der Waals surface area contributed by atoms with Gasteiger partial charge in [-0.3, -0.25) is 10.1 Å². The molecule has 0 aliphatic carbocycles. The number of anilines is 1. The van der Waals surface area contributed by atoms with E-state index in [0.29, 0.717) is 9.26 Å². The first-order valence-electron chi connectivity index (χ1n) is 4.40. The van der Waals surface area contributed by atoms with E-state index in [9.17, 15) is 10.1 Å². The van der Waals surface area contributed by atoms with Gasteiger partial charge < -0.3 is 5.32 Å². The van der Waals surface area contributed by atoms with Gasteiger partial charge in [-0.2, -0.15) is 0 Å². The number of hydrogen-bond donors (Lipinski definition) is 1. The second kappa shape index (κ2) is 3.72. The maximum atomic E-state index is 10.9. The predicted octanol–water partition coefficient (Wildman–Crippen LogP) is 2.56. The number of rotatable bonds is 1. The van der Waals surface area contributed by atoms with Gasteiger partial charge in [0.15, 0.2) is 0 Å². The third kappa shape index (κ3) is 1.56. The van der Waals surface area contributed by atoms with Gasteiger partial charge in [0.05, 0.1) is 8.49 Å². The Morgan fingerprint density at radius 1 is 1.50 bits per heavy atom. The number of benzene rings is 1. The summed E-state index contributed by atoms with van der Waals surface area (Å²) in [7, 11) is 0. The Balaban J connectivity index is 2.60. The molecule has 0 saturated heterocycles. The van der Waals surface area contributed by atoms with Crippen molar-refractivity contribution in [3.63, 3.8) is 0 Å². The molecule has 0 saturated carbocycles. The molecule has 1 aromatic carbocycles. The normalized spacial score (nSPS) is 14.4. The van der Waals surface area contributed by atoms with Crippen LogP contribution in [0.25, 0.3) is 0 Å². The number of fused-ring (bicyclic) bond motifs is 1. The fraction of sp³-hybridized carbons (Fsp3) is 0.333. The molecule has 1 N–H and O–H groups in total. The number of nitrogens with zero attached hydrogens (tertiary/aromatic N) is 1. The number of halogens is 1. The van der Waals surface area contributed by atoms with E-state index in [-0.39, 0.29) is 10.6 Å². The van der Waals surface area contributed by atoms with E-state index in [0.717, 1.165) is 24.9 Å². The highest BCUT2D eigenvalue weighted by molar-refractivity contribution is 14.1. The smallest absolute Gasteiger partial charge is 0.305 e. The monoisotopic (exact) mass is 304 g/mol. The number of hydrogen-bond acceptors (Lipinski definition) is 3. The fourth-order valence-electron chi connectivity index (χ4n) is 1.68. The molecule has 2 rings (SSSR count). The third-order valence-electron chi connectivity index (χ3n) is 2.32. The zero-order valence-electron chi connectivity index (χ0n) is 7.42. The maximum absolute atomic E-state index is 10.9. The van der Waals surface area contributed by atoms with E-state index in [4.69, 9.17) is 0 Å². The number of nitro groups is 1. The van der Waals surface area contributed by atoms with Crippen LogP contribution in [0, 0.1) is 13.7 Å². The van der Waals surface area contributed by atoms with Crippen molar-refractivity contribution in [1.82, 2.24) is 0 Å². The first-order chi connectivity index (χ1) is 6.70. The molecule has 0 fully saturated rings. The zero-order chi connectivity index (χ0) is 10.1. The number of aryl methyl sites for hydroxylation is 1. The third-order valence-corrected chi connectivity index (χ3v) is 3.19. The van der Waals surface area contributed by atoms with Crippen LogP contribution in [0.5, 0.6) is 0 Å². The molecule has 0 amide bonds. The first-order valence-corrected chi connectivity index (χ1v) is 5.47. The van der Waals surface area contributed by atoms with Crippen molar-refractivity contribution >= 4 is 34.0 Å². The molecule has 1 aromatic rings. The van der Waals surface area contributed by atoms with E-state index in [1.54, 1.807) is 0 Å². The molecule has 0 aromatic heterocycles. The summed E-state index contributed by atoms with van der Waals surface area (Å²) in [5.41, 5.74) is 2.00. The molecule has 1 aliphatic rings. The van der Waals surface area contributed by atoms with Gasteiger partial charge in [0.2, 0.25) is 0 Å². The van der Waals surface area contributed by atoms with E-state index < -0.39 is 0 Å². The van der Waals surface area contributed by atoms with Crippen molar-refractivity contribution < 1.29 is 4.92 Å². The SMILES string of the molecule is O=[N+]([O-])c1c(I)ccc2c1NCCC2. The van der Waals surface area contributed by atoms with Crippen LogP contribution in [0.15, 0.2) is 12.1 Å². The second-order valence-electron chi connectivity index (χ2n) is 3.22. The van der Waals surface area contributed by atoms with Crippen LogP contribution in [-0.2, 0) is 6.42 Å². The molecule has 0 spiro atoms. The second-order valence-corrected chi connectivity index (χ2v) is 4.38. The van der Waals surface area contributed by atoms with Crippen molar-refractivity contribution in [3.8, 4) is 0 Å². The molecule has 1 aliphatic heterocycles. The van der Waals surface area contributed by atoms with Crippen LogP contribution >= 0.6 is 22.6 Å². The Labute approximate surface area is 95.0 Å². The standard InChI is InChI=1S/C9H9IN2O2/c10-7-4-3-6-2-1-5-11-8(6)9(7)12(13)14/h3-4,11H,1-2,5H2. The maximum Gasteiger partial charge on any atom is 0.305 e. The highest BCUT2D eigenvalue weighted by Gasteiger charge is 2.23. The lowest BCUT2D eigenvalue weighted by molar-refractivity contribution is -0.384. The Hall–Kier alpha value is -0.850. The summed E-state index contributed by atoms with van der Waals surface area (Å²) >= 11 is 2.00. The molecule has 74 valence electrons. The van der Waals surface area contributed by atoms with Crippen LogP contribution in [-0.4, -0.2) is 11.5 Å². The van der Waals surface area contributed by atoms with Crippen molar-refractivity contribution in [3.05, 3.63) is 31.4 Å². The summed E-state index contributed by atoms with van der Waals surface area (Å²) in [6.45, 7) is 0.827. The lowest BCUT2D eigenvalue weighted by atomic mass is 10.0. The average molecular weight is 304 g/mol. The average Bonchev–Trinajstić information content (AvgIpc) is 2.17. The van der Waals surface area contributed by atoms with Gasteiger partial charge in [-0.05, 0) is 47.1 Å². The number of nitrogens with one attached hydrogen (secondary N) is 1. The molecule has 5 heteroatoms. The first kappa shape index (κ1) is 9.70. The van der Waals surface area contributed by atoms with Crippen molar-refractivity contribution in [1.29, 1.82) is 0 Å². The topological polar surface area (TPSA) is 55.2 Å². The van der Waals surface area contributed by atoms with Crippen LogP contribution in [0.3, 0.4) is 0 Å². The molecule has 0 radical (unpaired) electrons. The van der Waals surface area contributed by atoms with E-state index >= 15 is 0 Å². The molecular weight excluding hydrogens is 295 g/mol. The summed E-state index contributed by atoms with van der Waals surface area (Å²) in [6, 6.07) is 3.78. The molecule has 4 nitrogen and oxygen atoms in total. The van der Waals surface area contributed by atoms with Gasteiger partial charge in [-0.15, -0.1) is 0 Å². The number of nitro benzene ring substituents is 1. The highest BCUT2D eigenvalue weighted by atomic mass is 127. The quantitative estimate of drug-likeness (QED) is 0.493. The van der Waals surface area contributed by atoms with Crippen molar-refractivity contribution in [2.24, 2.45) is 0 Å². The molecule has 0 bridgehead atoms. The van der Waals surface area contributed by atoms with Gasteiger partial charge in [0.1, 0.15) is 5.69 Å². The lowest BCUT2D eigenvalue weighted by Crippen LogP contribution is -2.14. The molecule has 0 unspecified atom stereocenters. The predicted molar refractivity (Wildman–Crippen MR) is 62.6 cm³/mol. The summed E-state index contributed by atoms with van der Waals surface area (Å²) < 4.78 is 0.695. The minimum Gasteiger partial charge on any atom is -0.379 e. The summed E-state index contributed by atoms with van der Waals surface area (Å²) in [6.07, 6.45) is 1.98. The molecule has 0 atom stereocenters. The fourth-order valence-corrected chi connectivity index (χ4v) is 2.33. The van der Waals surface area contributed by atoms with E-state index in [2.05, 4.69) is 5.32 Å². The molecule has 14 heavy (non-hydrogen) atoms. The summed E-state index contributed by atoms with van der Waals surface area (Å²) in [4.78, 5) is 10.5. The van der Waals surface area contributed by atoms with E-state index in [1.165, 1.54) is 0 Å². The Morgan fingerprint density at radius 3 is 3.00 bits per heavy atom. The van der Waals surface area contributed by atoms with Crippen molar-refractivity contribution in [2.75, 3.05) is 11.9 Å². The van der Waals surface area contributed by atoms with Crippen LogP contribution in [0.2, 0.25) is 0 Å². The minimum atomic E-state index is -0.307. The van der Waals surface area contributed by atoms with Gasteiger partial charge in [0.25, 0.3) is 0 Å². The molecule has 1 heterocycles. The highest BCUT2D eigenvalue weighted by Crippen LogP contribution is 2.35. The van der Waals surface area contributed by atoms with Gasteiger partial charge in [-0.1, -0.05) is 6.07 Å². The van der Waals surface area contributed by atoms with Crippen LogP contribution in [0.1, 0.15) is 12.0 Å². The Morgan fingerprint density at radius 2 is 2.29 bits per heavy atom. The molecular formula is C9H9IN2O2. The lowest BCUT2D eigenvalue weighted by Gasteiger charge is -2.17. The Bertz CT molecular complexity index is 393. The van der Waals surface area contributed by atoms with Gasteiger partial charge >= 0.3 is 5.69 Å². The minimum absolute atomic E-state index is 0.225. The summed E-state index contributed by atoms with van der Waals surface area (Å²) in [5, 5.41) is 14.0. The van der Waals surface area contributed by atoms with Crippen LogP contribution < -0.4 is 5.32 Å². The summed E-state index contributed by atoms with van der Waals surface area (Å²) in [5.74, 6) is 0. The Kier molecular flexibility index (Phi) is 2.58. The van der Waals surface area contributed by atoms with Gasteiger partial charge in [0, 0.05) is 6.54 Å². The zero-order valence-corrected chi connectivity index (χ0v) is 9.58. The van der Waals surface area contributed by atoms with Crippen LogP contribution in [0.4, 0.5) is 11.4 Å². The van der Waals surface area contributed by atoms with Crippen molar-refractivity contribution in [2.45, 2.75) is 12.8 Å². The van der Waals surface area contributed by atoms with E-state index in [1.807, 2.05) is 34.7 Å². The largest absolute Gasteiger partial charge is 0.379 e. The van der Waals surface area contributed by atoms with Gasteiger partial charge in [-0.25, -0.2) is 0 Å².